The molecule has 4 rings (SSSR count). The Hall–Kier alpha value is -3.19. The molecule has 0 amide bonds. The van der Waals surface area contributed by atoms with Gasteiger partial charge in [0.25, 0.3) is 0 Å². The van der Waals surface area contributed by atoms with Gasteiger partial charge < -0.3 is 0 Å². The number of rotatable bonds is 4. The van der Waals surface area contributed by atoms with Gasteiger partial charge >= 0.3 is 0 Å². The van der Waals surface area contributed by atoms with E-state index in [0.29, 0.717) is 15.6 Å². The minimum absolute atomic E-state index is 0.505. The summed E-state index contributed by atoms with van der Waals surface area (Å²) in [6.07, 6.45) is 1.78. The molecule has 0 aliphatic heterocycles. The number of nitrogens with zero attached hydrogens (tertiary/aromatic N) is 2. The van der Waals surface area contributed by atoms with Gasteiger partial charge in [0, 0.05) is 16.0 Å². The molecule has 0 saturated heterocycles. The molecule has 0 unspecified atom stereocenters. The first-order valence-electron chi connectivity index (χ1n) is 8.73. The first-order chi connectivity index (χ1) is 13.7. The SMILES string of the molecule is N#C/C(=C/c1ccccc1Cl)c1nc(-c2ccc(-c3ccccc3)cc2)cs1. The van der Waals surface area contributed by atoms with Crippen molar-refractivity contribution in [1.82, 2.24) is 4.98 Å². The fourth-order valence-electron chi connectivity index (χ4n) is 2.88. The summed E-state index contributed by atoms with van der Waals surface area (Å²) < 4.78 is 0. The number of aromatic nitrogens is 1. The van der Waals surface area contributed by atoms with E-state index in [1.165, 1.54) is 16.9 Å². The molecule has 1 heterocycles. The zero-order chi connectivity index (χ0) is 19.3. The molecule has 0 saturated carbocycles. The second-order valence-corrected chi connectivity index (χ2v) is 7.44. The third kappa shape index (κ3) is 3.89. The lowest BCUT2D eigenvalue weighted by Crippen LogP contribution is -1.84. The quantitative estimate of drug-likeness (QED) is 0.341. The van der Waals surface area contributed by atoms with Gasteiger partial charge in [0.05, 0.1) is 11.3 Å². The standard InChI is InChI=1S/C24H15ClN2S/c25-22-9-5-4-8-20(22)14-21(15-26)24-27-23(16-28-24)19-12-10-18(11-13-19)17-6-2-1-3-7-17/h1-14,16H/b21-14-. The van der Waals surface area contributed by atoms with Gasteiger partial charge in [-0.2, -0.15) is 5.26 Å². The second-order valence-electron chi connectivity index (χ2n) is 6.17. The van der Waals surface area contributed by atoms with Crippen LogP contribution in [0.3, 0.4) is 0 Å². The third-order valence-corrected chi connectivity index (χ3v) is 5.57. The number of thiazole rings is 1. The van der Waals surface area contributed by atoms with Crippen LogP contribution in [0.25, 0.3) is 34.0 Å². The van der Waals surface area contributed by atoms with Crippen LogP contribution in [0.15, 0.2) is 84.2 Å². The lowest BCUT2D eigenvalue weighted by molar-refractivity contribution is 1.37. The van der Waals surface area contributed by atoms with Gasteiger partial charge in [0.15, 0.2) is 0 Å². The predicted octanol–water partition coefficient (Wildman–Crippen LogP) is 7.19. The summed E-state index contributed by atoms with van der Waals surface area (Å²) in [5.74, 6) is 0. The molecule has 0 bridgehead atoms. The highest BCUT2D eigenvalue weighted by Gasteiger charge is 2.10. The Balaban J connectivity index is 1.62. The van der Waals surface area contributed by atoms with E-state index in [1.807, 2.05) is 47.8 Å². The second kappa shape index (κ2) is 8.22. The molecule has 4 aromatic rings. The number of benzene rings is 3. The molecule has 0 aliphatic carbocycles. The molecule has 0 spiro atoms. The average Bonchev–Trinajstić information content (AvgIpc) is 3.24. The first-order valence-corrected chi connectivity index (χ1v) is 9.98. The molecule has 2 nitrogen and oxygen atoms in total. The average molecular weight is 399 g/mol. The Bertz CT molecular complexity index is 1170. The van der Waals surface area contributed by atoms with Crippen LogP contribution in [-0.2, 0) is 0 Å². The summed E-state index contributed by atoms with van der Waals surface area (Å²) >= 11 is 7.67. The first kappa shape index (κ1) is 18.2. The van der Waals surface area contributed by atoms with Crippen LogP contribution in [-0.4, -0.2) is 4.98 Å². The van der Waals surface area contributed by atoms with E-state index in [0.717, 1.165) is 22.4 Å². The van der Waals surface area contributed by atoms with Crippen molar-refractivity contribution in [3.8, 4) is 28.5 Å². The highest BCUT2D eigenvalue weighted by atomic mass is 35.5. The van der Waals surface area contributed by atoms with Gasteiger partial charge in [-0.25, -0.2) is 4.98 Å². The Kier molecular flexibility index (Phi) is 5.34. The maximum atomic E-state index is 9.58. The number of nitriles is 1. The molecule has 3 aromatic carbocycles. The minimum Gasteiger partial charge on any atom is -0.235 e. The molecule has 0 radical (unpaired) electrons. The molecule has 134 valence electrons. The number of hydrogen-bond donors (Lipinski definition) is 0. The molecule has 0 atom stereocenters. The van der Waals surface area contributed by atoms with Crippen molar-refractivity contribution >= 4 is 34.6 Å². The van der Waals surface area contributed by atoms with Crippen LogP contribution in [0.4, 0.5) is 0 Å². The molecule has 0 fully saturated rings. The van der Waals surface area contributed by atoms with Crippen molar-refractivity contribution in [2.24, 2.45) is 0 Å². The van der Waals surface area contributed by atoms with Crippen LogP contribution in [0, 0.1) is 11.3 Å². The lowest BCUT2D eigenvalue weighted by Gasteiger charge is -2.03. The van der Waals surface area contributed by atoms with Gasteiger partial charge in [0.2, 0.25) is 0 Å². The molecule has 4 heteroatoms. The van der Waals surface area contributed by atoms with Crippen molar-refractivity contribution in [1.29, 1.82) is 5.26 Å². The highest BCUT2D eigenvalue weighted by molar-refractivity contribution is 7.11. The summed E-state index contributed by atoms with van der Waals surface area (Å²) in [5.41, 5.74) is 5.55. The summed E-state index contributed by atoms with van der Waals surface area (Å²) in [4.78, 5) is 4.66. The summed E-state index contributed by atoms with van der Waals surface area (Å²) in [6.45, 7) is 0. The fourth-order valence-corrected chi connectivity index (χ4v) is 3.87. The maximum Gasteiger partial charge on any atom is 0.134 e. The smallest absolute Gasteiger partial charge is 0.134 e. The molecular formula is C24H15ClN2S. The predicted molar refractivity (Wildman–Crippen MR) is 118 cm³/mol. The molecule has 0 N–H and O–H groups in total. The Morgan fingerprint density at radius 2 is 1.50 bits per heavy atom. The molecule has 0 aliphatic rings. The van der Waals surface area contributed by atoms with E-state index in [9.17, 15) is 5.26 Å². The maximum absolute atomic E-state index is 9.58. The highest BCUT2D eigenvalue weighted by Crippen LogP contribution is 2.30. The van der Waals surface area contributed by atoms with E-state index >= 15 is 0 Å². The van der Waals surface area contributed by atoms with Crippen LogP contribution in [0.1, 0.15) is 10.6 Å². The summed E-state index contributed by atoms with van der Waals surface area (Å²) in [7, 11) is 0. The van der Waals surface area contributed by atoms with E-state index in [1.54, 1.807) is 6.08 Å². The van der Waals surface area contributed by atoms with Gasteiger partial charge in [-0.05, 0) is 28.8 Å². The van der Waals surface area contributed by atoms with Gasteiger partial charge in [0.1, 0.15) is 11.1 Å². The Morgan fingerprint density at radius 3 is 2.21 bits per heavy atom. The van der Waals surface area contributed by atoms with Crippen molar-refractivity contribution in [2.75, 3.05) is 0 Å². The lowest BCUT2D eigenvalue weighted by atomic mass is 10.0. The van der Waals surface area contributed by atoms with Crippen molar-refractivity contribution < 1.29 is 0 Å². The summed E-state index contributed by atoms with van der Waals surface area (Å²) in [6, 6.07) is 28.3. The van der Waals surface area contributed by atoms with Crippen LogP contribution >= 0.6 is 22.9 Å². The number of allylic oxidation sites excluding steroid dienone is 1. The number of hydrogen-bond acceptors (Lipinski definition) is 3. The molecular weight excluding hydrogens is 384 g/mol. The third-order valence-electron chi connectivity index (χ3n) is 4.35. The topological polar surface area (TPSA) is 36.7 Å². The van der Waals surface area contributed by atoms with Crippen molar-refractivity contribution in [3.05, 3.63) is 99.8 Å². The van der Waals surface area contributed by atoms with E-state index in [2.05, 4.69) is 47.5 Å². The van der Waals surface area contributed by atoms with E-state index in [-0.39, 0.29) is 0 Å². The fraction of sp³-hybridized carbons (Fsp3) is 0. The van der Waals surface area contributed by atoms with Crippen molar-refractivity contribution in [3.63, 3.8) is 0 Å². The Morgan fingerprint density at radius 1 is 0.857 bits per heavy atom. The zero-order valence-corrected chi connectivity index (χ0v) is 16.4. The normalized spacial score (nSPS) is 11.2. The van der Waals surface area contributed by atoms with Crippen molar-refractivity contribution in [2.45, 2.75) is 0 Å². The molecule has 1 aromatic heterocycles. The zero-order valence-electron chi connectivity index (χ0n) is 14.8. The van der Waals surface area contributed by atoms with Crippen LogP contribution < -0.4 is 0 Å². The largest absolute Gasteiger partial charge is 0.235 e. The van der Waals surface area contributed by atoms with Crippen LogP contribution in [0.2, 0.25) is 5.02 Å². The van der Waals surface area contributed by atoms with Gasteiger partial charge in [-0.1, -0.05) is 84.4 Å². The Labute approximate surface area is 173 Å². The summed E-state index contributed by atoms with van der Waals surface area (Å²) in [5, 5.41) is 12.9. The van der Waals surface area contributed by atoms with E-state index in [4.69, 9.17) is 11.6 Å². The molecule has 28 heavy (non-hydrogen) atoms. The monoisotopic (exact) mass is 398 g/mol. The minimum atomic E-state index is 0.505. The van der Waals surface area contributed by atoms with Crippen LogP contribution in [0.5, 0.6) is 0 Å². The van der Waals surface area contributed by atoms with E-state index < -0.39 is 0 Å². The van der Waals surface area contributed by atoms with Gasteiger partial charge in [-0.15, -0.1) is 11.3 Å². The van der Waals surface area contributed by atoms with Gasteiger partial charge in [-0.3, -0.25) is 0 Å². The number of halogens is 1.